The lowest BCUT2D eigenvalue weighted by Gasteiger charge is -2.20. The average molecular weight is 359 g/mol. The Bertz CT molecular complexity index is 687. The molecule has 5 heteroatoms. The molecule has 0 atom stereocenters. The second-order valence-electron chi connectivity index (χ2n) is 5.90. The third-order valence-corrected chi connectivity index (χ3v) is 4.17. The molecule has 0 bridgehead atoms. The van der Waals surface area contributed by atoms with Gasteiger partial charge in [0.25, 0.3) is 0 Å². The van der Waals surface area contributed by atoms with Crippen LogP contribution in [0, 0.1) is 0 Å². The van der Waals surface area contributed by atoms with Gasteiger partial charge in [-0.15, -0.1) is 0 Å². The van der Waals surface area contributed by atoms with Gasteiger partial charge >= 0.3 is 0 Å². The van der Waals surface area contributed by atoms with Crippen LogP contribution in [-0.2, 0) is 16.0 Å². The number of aryl methyl sites for hydroxylation is 1. The van der Waals surface area contributed by atoms with Gasteiger partial charge in [0.15, 0.2) is 0 Å². The maximum atomic E-state index is 12.0. The average Bonchev–Trinajstić information content (AvgIpc) is 2.60. The number of rotatable bonds is 8. The Hall–Kier alpha value is -2.33. The van der Waals surface area contributed by atoms with E-state index in [0.29, 0.717) is 23.8 Å². The topological polar surface area (TPSA) is 49.4 Å². The minimum atomic E-state index is -0.114. The smallest absolute Gasteiger partial charge is 0.226 e. The first-order valence-electron chi connectivity index (χ1n) is 8.39. The van der Waals surface area contributed by atoms with Crippen LogP contribution >= 0.6 is 11.6 Å². The Labute approximate surface area is 153 Å². The van der Waals surface area contributed by atoms with E-state index in [0.717, 1.165) is 12.8 Å². The van der Waals surface area contributed by atoms with Crippen LogP contribution in [0.2, 0.25) is 5.02 Å². The predicted octanol–water partition coefficient (Wildman–Crippen LogP) is 4.15. The number of nitrogens with one attached hydrogen (secondary N) is 1. The molecule has 2 aromatic rings. The second-order valence-corrected chi connectivity index (χ2v) is 6.34. The van der Waals surface area contributed by atoms with Gasteiger partial charge in [-0.25, -0.2) is 0 Å². The Morgan fingerprint density at radius 2 is 1.68 bits per heavy atom. The molecule has 2 rings (SSSR count). The Morgan fingerprint density at radius 3 is 2.32 bits per heavy atom. The molecule has 0 fully saturated rings. The summed E-state index contributed by atoms with van der Waals surface area (Å²) in [5.41, 5.74) is 1.96. The molecule has 0 saturated carbocycles. The molecule has 0 aromatic heterocycles. The highest BCUT2D eigenvalue weighted by Gasteiger charge is 2.11. The van der Waals surface area contributed by atoms with Crippen molar-refractivity contribution in [2.24, 2.45) is 0 Å². The van der Waals surface area contributed by atoms with Gasteiger partial charge in [-0.2, -0.15) is 0 Å². The molecule has 0 spiro atoms. The minimum Gasteiger partial charge on any atom is -0.342 e. The van der Waals surface area contributed by atoms with Crippen LogP contribution in [0.4, 0.5) is 5.69 Å². The number of anilines is 1. The summed E-state index contributed by atoms with van der Waals surface area (Å²) in [6.07, 6.45) is 2.07. The molecule has 132 valence electrons. The van der Waals surface area contributed by atoms with E-state index in [1.54, 1.807) is 36.1 Å². The van der Waals surface area contributed by atoms with E-state index >= 15 is 0 Å². The molecule has 1 N–H and O–H groups in total. The number of hydrogen-bond donors (Lipinski definition) is 1. The lowest BCUT2D eigenvalue weighted by atomic mass is 10.1. The molecule has 0 saturated heterocycles. The van der Waals surface area contributed by atoms with Crippen molar-refractivity contribution in [2.75, 3.05) is 18.4 Å². The zero-order valence-electron chi connectivity index (χ0n) is 14.4. The minimum absolute atomic E-state index is 0.00708. The molecule has 0 heterocycles. The van der Waals surface area contributed by atoms with Crippen molar-refractivity contribution in [2.45, 2.75) is 26.2 Å². The van der Waals surface area contributed by atoms with Crippen molar-refractivity contribution < 1.29 is 9.59 Å². The van der Waals surface area contributed by atoms with Crippen LogP contribution in [0.1, 0.15) is 25.3 Å². The van der Waals surface area contributed by atoms with E-state index in [-0.39, 0.29) is 18.2 Å². The molecule has 0 aliphatic rings. The largest absolute Gasteiger partial charge is 0.342 e. The van der Waals surface area contributed by atoms with E-state index < -0.39 is 0 Å². The van der Waals surface area contributed by atoms with Gasteiger partial charge in [-0.05, 0) is 42.7 Å². The zero-order chi connectivity index (χ0) is 18.1. The van der Waals surface area contributed by atoms with E-state index in [9.17, 15) is 9.59 Å². The van der Waals surface area contributed by atoms with Crippen LogP contribution in [0.25, 0.3) is 0 Å². The Morgan fingerprint density at radius 1 is 1.00 bits per heavy atom. The van der Waals surface area contributed by atoms with Crippen LogP contribution in [0.3, 0.4) is 0 Å². The van der Waals surface area contributed by atoms with Crippen LogP contribution in [0.15, 0.2) is 54.6 Å². The molecule has 2 amide bonds. The molecular formula is C20H23ClN2O2. The first kappa shape index (κ1) is 19.0. The fourth-order valence-electron chi connectivity index (χ4n) is 2.54. The van der Waals surface area contributed by atoms with Crippen LogP contribution < -0.4 is 5.32 Å². The number of carbonyl (C=O) groups is 2. The number of nitrogens with zero attached hydrogens (tertiary/aromatic N) is 1. The number of hydrogen-bond acceptors (Lipinski definition) is 2. The Balaban J connectivity index is 1.75. The monoisotopic (exact) mass is 358 g/mol. The van der Waals surface area contributed by atoms with Crippen molar-refractivity contribution in [1.29, 1.82) is 0 Å². The van der Waals surface area contributed by atoms with E-state index in [4.69, 9.17) is 11.6 Å². The Kier molecular flexibility index (Phi) is 7.48. The summed E-state index contributed by atoms with van der Waals surface area (Å²) in [4.78, 5) is 25.5. The summed E-state index contributed by atoms with van der Waals surface area (Å²) in [6, 6.07) is 17.1. The van der Waals surface area contributed by atoms with Gasteiger partial charge in [-0.1, -0.05) is 41.9 Å². The number of carbonyl (C=O) groups excluding carboxylic acids is 2. The highest BCUT2D eigenvalue weighted by atomic mass is 35.5. The molecule has 0 unspecified atom stereocenters. The highest BCUT2D eigenvalue weighted by molar-refractivity contribution is 6.30. The van der Waals surface area contributed by atoms with Gasteiger partial charge in [-0.3, -0.25) is 9.59 Å². The van der Waals surface area contributed by atoms with E-state index in [1.165, 1.54) is 5.56 Å². The lowest BCUT2D eigenvalue weighted by molar-refractivity contribution is -0.129. The van der Waals surface area contributed by atoms with Gasteiger partial charge in [0, 0.05) is 37.1 Å². The van der Waals surface area contributed by atoms with Crippen molar-refractivity contribution in [3.05, 3.63) is 65.2 Å². The summed E-state index contributed by atoms with van der Waals surface area (Å²) in [7, 11) is 0. The van der Waals surface area contributed by atoms with Crippen molar-refractivity contribution in [3.63, 3.8) is 0 Å². The molecule has 0 aliphatic carbocycles. The summed E-state index contributed by atoms with van der Waals surface area (Å²) in [5.74, 6) is -0.121. The van der Waals surface area contributed by atoms with Gasteiger partial charge in [0.1, 0.15) is 0 Å². The normalized spacial score (nSPS) is 10.3. The second kappa shape index (κ2) is 9.84. The molecular weight excluding hydrogens is 336 g/mol. The maximum absolute atomic E-state index is 12.0. The third kappa shape index (κ3) is 6.98. The fraction of sp³-hybridized carbons (Fsp3) is 0.300. The fourth-order valence-corrected chi connectivity index (χ4v) is 2.66. The SMILES string of the molecule is CC(=O)N(CCCc1ccccc1)CCC(=O)Nc1ccc(Cl)cc1. The maximum Gasteiger partial charge on any atom is 0.226 e. The van der Waals surface area contributed by atoms with Crippen LogP contribution in [-0.4, -0.2) is 29.8 Å². The lowest BCUT2D eigenvalue weighted by Crippen LogP contribution is -2.33. The summed E-state index contributed by atoms with van der Waals surface area (Å²) >= 11 is 5.82. The van der Waals surface area contributed by atoms with Gasteiger partial charge in [0.2, 0.25) is 11.8 Å². The number of halogens is 1. The molecule has 0 radical (unpaired) electrons. The highest BCUT2D eigenvalue weighted by Crippen LogP contribution is 2.13. The standard InChI is InChI=1S/C20H23ClN2O2/c1-16(24)23(14-5-8-17-6-3-2-4-7-17)15-13-20(25)22-19-11-9-18(21)10-12-19/h2-4,6-7,9-12H,5,8,13-15H2,1H3,(H,22,25). The molecule has 0 aliphatic heterocycles. The number of benzene rings is 2. The van der Waals surface area contributed by atoms with E-state index in [1.807, 2.05) is 18.2 Å². The van der Waals surface area contributed by atoms with E-state index in [2.05, 4.69) is 17.4 Å². The first-order chi connectivity index (χ1) is 12.0. The van der Waals surface area contributed by atoms with Crippen LogP contribution in [0.5, 0.6) is 0 Å². The quantitative estimate of drug-likeness (QED) is 0.770. The zero-order valence-corrected chi connectivity index (χ0v) is 15.1. The van der Waals surface area contributed by atoms with Gasteiger partial charge < -0.3 is 10.2 Å². The first-order valence-corrected chi connectivity index (χ1v) is 8.77. The molecule has 2 aromatic carbocycles. The molecule has 4 nitrogen and oxygen atoms in total. The van der Waals surface area contributed by atoms with Crippen molar-refractivity contribution in [1.82, 2.24) is 4.90 Å². The predicted molar refractivity (Wildman–Crippen MR) is 102 cm³/mol. The summed E-state index contributed by atoms with van der Waals surface area (Å²) in [5, 5.41) is 3.43. The third-order valence-electron chi connectivity index (χ3n) is 3.92. The van der Waals surface area contributed by atoms with Crippen molar-refractivity contribution in [3.8, 4) is 0 Å². The summed E-state index contributed by atoms with van der Waals surface area (Å²) < 4.78 is 0. The summed E-state index contributed by atoms with van der Waals surface area (Å²) in [6.45, 7) is 2.61. The van der Waals surface area contributed by atoms with Crippen molar-refractivity contribution >= 4 is 29.1 Å². The molecule has 25 heavy (non-hydrogen) atoms. The number of amides is 2. The van der Waals surface area contributed by atoms with Gasteiger partial charge in [0.05, 0.1) is 0 Å².